The summed E-state index contributed by atoms with van der Waals surface area (Å²) in [5.74, 6) is 0. The molecule has 0 amide bonds. The molecule has 0 saturated carbocycles. The number of rotatable bonds is 5. The standard InChI is InChI=1S/C17H20N2/c1-3-19(4-2)17-12-10-16(11-13-17)18-14-15-8-6-5-7-9-15/h5-14H,3-4H2,1-2H3. The summed E-state index contributed by atoms with van der Waals surface area (Å²) in [4.78, 5) is 6.81. The van der Waals surface area contributed by atoms with Crippen molar-refractivity contribution in [2.24, 2.45) is 4.99 Å². The highest BCUT2D eigenvalue weighted by atomic mass is 15.1. The van der Waals surface area contributed by atoms with Gasteiger partial charge in [0.15, 0.2) is 0 Å². The topological polar surface area (TPSA) is 15.6 Å². The van der Waals surface area contributed by atoms with Gasteiger partial charge in [0.2, 0.25) is 0 Å². The quantitative estimate of drug-likeness (QED) is 0.725. The van der Waals surface area contributed by atoms with Crippen LogP contribution in [0.4, 0.5) is 11.4 Å². The van der Waals surface area contributed by atoms with Gasteiger partial charge in [0.05, 0.1) is 5.69 Å². The number of benzene rings is 2. The molecule has 0 bridgehead atoms. The van der Waals surface area contributed by atoms with E-state index in [1.807, 2.05) is 36.5 Å². The van der Waals surface area contributed by atoms with Gasteiger partial charge in [-0.2, -0.15) is 0 Å². The Hall–Kier alpha value is -2.09. The van der Waals surface area contributed by atoms with Gasteiger partial charge in [0, 0.05) is 25.0 Å². The molecule has 0 fully saturated rings. The van der Waals surface area contributed by atoms with E-state index in [0.717, 1.165) is 24.3 Å². The Bertz CT molecular complexity index is 511. The molecule has 0 atom stereocenters. The molecule has 0 aromatic heterocycles. The lowest BCUT2D eigenvalue weighted by atomic mass is 10.2. The van der Waals surface area contributed by atoms with E-state index >= 15 is 0 Å². The fourth-order valence-corrected chi connectivity index (χ4v) is 2.03. The molecule has 98 valence electrons. The number of aliphatic imine (C=N–C) groups is 1. The molecule has 0 spiro atoms. The van der Waals surface area contributed by atoms with Gasteiger partial charge in [-0.1, -0.05) is 30.3 Å². The lowest BCUT2D eigenvalue weighted by Crippen LogP contribution is -2.21. The van der Waals surface area contributed by atoms with Gasteiger partial charge < -0.3 is 4.90 Å². The highest BCUT2D eigenvalue weighted by Gasteiger charge is 2.00. The van der Waals surface area contributed by atoms with E-state index in [1.165, 1.54) is 5.69 Å². The van der Waals surface area contributed by atoms with Crippen molar-refractivity contribution in [3.8, 4) is 0 Å². The Balaban J connectivity index is 2.09. The molecule has 0 saturated heterocycles. The van der Waals surface area contributed by atoms with Gasteiger partial charge in [-0.3, -0.25) is 4.99 Å². The van der Waals surface area contributed by atoms with Gasteiger partial charge in [-0.25, -0.2) is 0 Å². The van der Waals surface area contributed by atoms with Gasteiger partial charge in [-0.05, 0) is 43.7 Å². The van der Waals surface area contributed by atoms with Crippen molar-refractivity contribution >= 4 is 17.6 Å². The average molecular weight is 252 g/mol. The number of hydrogen-bond acceptors (Lipinski definition) is 2. The molecular formula is C17H20N2. The zero-order chi connectivity index (χ0) is 13.5. The zero-order valence-corrected chi connectivity index (χ0v) is 11.6. The minimum atomic E-state index is 0.986. The number of nitrogens with zero attached hydrogens (tertiary/aromatic N) is 2. The Morgan fingerprint density at radius 3 is 2.11 bits per heavy atom. The van der Waals surface area contributed by atoms with Gasteiger partial charge in [0.25, 0.3) is 0 Å². The van der Waals surface area contributed by atoms with E-state index in [2.05, 4.69) is 48.0 Å². The summed E-state index contributed by atoms with van der Waals surface area (Å²) >= 11 is 0. The average Bonchev–Trinajstić information content (AvgIpc) is 2.49. The molecule has 19 heavy (non-hydrogen) atoms. The van der Waals surface area contributed by atoms with E-state index in [9.17, 15) is 0 Å². The fourth-order valence-electron chi connectivity index (χ4n) is 2.03. The van der Waals surface area contributed by atoms with E-state index in [1.54, 1.807) is 0 Å². The van der Waals surface area contributed by atoms with Crippen LogP contribution >= 0.6 is 0 Å². The second-order valence-electron chi connectivity index (χ2n) is 4.36. The molecule has 2 aromatic rings. The molecular weight excluding hydrogens is 232 g/mol. The SMILES string of the molecule is CCN(CC)c1ccc(N=Cc2ccccc2)cc1. The molecule has 0 aliphatic heterocycles. The van der Waals surface area contributed by atoms with E-state index in [0.29, 0.717) is 0 Å². The highest BCUT2D eigenvalue weighted by molar-refractivity contribution is 5.81. The van der Waals surface area contributed by atoms with Crippen LogP contribution in [0.1, 0.15) is 19.4 Å². The molecule has 0 N–H and O–H groups in total. The van der Waals surface area contributed by atoms with Crippen LogP contribution in [0.5, 0.6) is 0 Å². The second kappa shape index (κ2) is 6.74. The molecule has 0 aliphatic carbocycles. The third-order valence-corrected chi connectivity index (χ3v) is 3.14. The van der Waals surface area contributed by atoms with Gasteiger partial charge in [0.1, 0.15) is 0 Å². The lowest BCUT2D eigenvalue weighted by molar-refractivity contribution is 0.866. The normalized spacial score (nSPS) is 10.8. The molecule has 2 nitrogen and oxygen atoms in total. The Morgan fingerprint density at radius 2 is 1.53 bits per heavy atom. The summed E-state index contributed by atoms with van der Waals surface area (Å²) < 4.78 is 0. The second-order valence-corrected chi connectivity index (χ2v) is 4.36. The zero-order valence-electron chi connectivity index (χ0n) is 11.6. The molecule has 0 radical (unpaired) electrons. The van der Waals surface area contributed by atoms with Crippen LogP contribution in [0, 0.1) is 0 Å². The molecule has 2 heteroatoms. The van der Waals surface area contributed by atoms with Crippen LogP contribution in [0.2, 0.25) is 0 Å². The van der Waals surface area contributed by atoms with E-state index in [4.69, 9.17) is 0 Å². The summed E-state index contributed by atoms with van der Waals surface area (Å²) in [5.41, 5.74) is 3.36. The van der Waals surface area contributed by atoms with Crippen LogP contribution in [0.15, 0.2) is 59.6 Å². The van der Waals surface area contributed by atoms with Crippen molar-refractivity contribution in [1.82, 2.24) is 0 Å². The van der Waals surface area contributed by atoms with Crippen LogP contribution in [0.25, 0.3) is 0 Å². The Labute approximate surface area is 115 Å². The molecule has 0 unspecified atom stereocenters. The van der Waals surface area contributed by atoms with Crippen molar-refractivity contribution in [1.29, 1.82) is 0 Å². The minimum absolute atomic E-state index is 0.986. The molecule has 0 aliphatic rings. The number of anilines is 1. The van der Waals surface area contributed by atoms with Crippen molar-refractivity contribution in [3.63, 3.8) is 0 Å². The molecule has 0 heterocycles. The third kappa shape index (κ3) is 3.68. The first-order valence-electron chi connectivity index (χ1n) is 6.77. The van der Waals surface area contributed by atoms with Crippen LogP contribution in [-0.2, 0) is 0 Å². The summed E-state index contributed by atoms with van der Waals surface area (Å²) in [6, 6.07) is 18.5. The summed E-state index contributed by atoms with van der Waals surface area (Å²) in [5, 5.41) is 0. The first kappa shape index (κ1) is 13.3. The highest BCUT2D eigenvalue weighted by Crippen LogP contribution is 2.19. The van der Waals surface area contributed by atoms with Crippen molar-refractivity contribution in [3.05, 3.63) is 60.2 Å². The third-order valence-electron chi connectivity index (χ3n) is 3.14. The summed E-state index contributed by atoms with van der Waals surface area (Å²) in [6.07, 6.45) is 1.90. The van der Waals surface area contributed by atoms with Crippen LogP contribution < -0.4 is 4.90 Å². The minimum Gasteiger partial charge on any atom is -0.372 e. The van der Waals surface area contributed by atoms with E-state index < -0.39 is 0 Å². The monoisotopic (exact) mass is 252 g/mol. The number of hydrogen-bond donors (Lipinski definition) is 0. The molecule has 2 rings (SSSR count). The largest absolute Gasteiger partial charge is 0.372 e. The predicted molar refractivity (Wildman–Crippen MR) is 83.7 cm³/mol. The van der Waals surface area contributed by atoms with E-state index in [-0.39, 0.29) is 0 Å². The van der Waals surface area contributed by atoms with Crippen LogP contribution in [0.3, 0.4) is 0 Å². The first-order valence-corrected chi connectivity index (χ1v) is 6.77. The maximum absolute atomic E-state index is 4.49. The van der Waals surface area contributed by atoms with Gasteiger partial charge in [-0.15, -0.1) is 0 Å². The lowest BCUT2D eigenvalue weighted by Gasteiger charge is -2.20. The van der Waals surface area contributed by atoms with Crippen LogP contribution in [-0.4, -0.2) is 19.3 Å². The van der Waals surface area contributed by atoms with Crippen molar-refractivity contribution in [2.45, 2.75) is 13.8 Å². The van der Waals surface area contributed by atoms with Crippen molar-refractivity contribution in [2.75, 3.05) is 18.0 Å². The maximum atomic E-state index is 4.49. The van der Waals surface area contributed by atoms with Crippen molar-refractivity contribution < 1.29 is 0 Å². The fraction of sp³-hybridized carbons (Fsp3) is 0.235. The maximum Gasteiger partial charge on any atom is 0.0631 e. The molecule has 2 aromatic carbocycles. The summed E-state index contributed by atoms with van der Waals surface area (Å²) in [6.45, 7) is 6.40. The Kier molecular flexibility index (Phi) is 4.73. The Morgan fingerprint density at radius 1 is 0.895 bits per heavy atom. The predicted octanol–water partition coefficient (Wildman–Crippen LogP) is 4.28. The summed E-state index contributed by atoms with van der Waals surface area (Å²) in [7, 11) is 0. The smallest absolute Gasteiger partial charge is 0.0631 e. The van der Waals surface area contributed by atoms with Gasteiger partial charge >= 0.3 is 0 Å². The first-order chi connectivity index (χ1) is 9.33.